The SMILES string of the molecule is c1ccc2c(c1)NCC(CNC1CC1)O2. The first-order chi connectivity index (χ1) is 7.42. The summed E-state index contributed by atoms with van der Waals surface area (Å²) < 4.78 is 5.89. The Balaban J connectivity index is 1.61. The number of nitrogens with one attached hydrogen (secondary N) is 2. The molecule has 1 heterocycles. The quantitative estimate of drug-likeness (QED) is 0.784. The fourth-order valence-electron chi connectivity index (χ4n) is 1.86. The van der Waals surface area contributed by atoms with E-state index in [-0.39, 0.29) is 6.10 Å². The van der Waals surface area contributed by atoms with Crippen molar-refractivity contribution in [1.29, 1.82) is 0 Å². The minimum absolute atomic E-state index is 0.264. The first-order valence-electron chi connectivity index (χ1n) is 5.65. The number of hydrogen-bond acceptors (Lipinski definition) is 3. The zero-order valence-corrected chi connectivity index (χ0v) is 8.70. The molecule has 80 valence electrons. The van der Waals surface area contributed by atoms with E-state index < -0.39 is 0 Å². The zero-order valence-electron chi connectivity index (χ0n) is 8.70. The van der Waals surface area contributed by atoms with Gasteiger partial charge in [-0.15, -0.1) is 0 Å². The Bertz CT molecular complexity index is 349. The van der Waals surface area contributed by atoms with Crippen LogP contribution in [0.3, 0.4) is 0 Å². The third-order valence-corrected chi connectivity index (χ3v) is 2.91. The minimum Gasteiger partial charge on any atom is -0.485 e. The van der Waals surface area contributed by atoms with Gasteiger partial charge >= 0.3 is 0 Å². The van der Waals surface area contributed by atoms with Crippen LogP contribution in [-0.4, -0.2) is 25.2 Å². The molecule has 0 amide bonds. The molecule has 1 aromatic carbocycles. The molecule has 15 heavy (non-hydrogen) atoms. The number of anilines is 1. The van der Waals surface area contributed by atoms with Crippen LogP contribution in [0.4, 0.5) is 5.69 Å². The molecule has 3 nitrogen and oxygen atoms in total. The number of para-hydroxylation sites is 2. The summed E-state index contributed by atoms with van der Waals surface area (Å²) >= 11 is 0. The van der Waals surface area contributed by atoms with Gasteiger partial charge in [-0.1, -0.05) is 12.1 Å². The van der Waals surface area contributed by atoms with Gasteiger partial charge in [-0.05, 0) is 25.0 Å². The van der Waals surface area contributed by atoms with Crippen LogP contribution < -0.4 is 15.4 Å². The van der Waals surface area contributed by atoms with Gasteiger partial charge in [0.15, 0.2) is 0 Å². The van der Waals surface area contributed by atoms with E-state index in [4.69, 9.17) is 4.74 Å². The molecule has 1 aliphatic heterocycles. The number of fused-ring (bicyclic) bond motifs is 1. The van der Waals surface area contributed by atoms with E-state index in [1.165, 1.54) is 12.8 Å². The lowest BCUT2D eigenvalue weighted by Gasteiger charge is -2.27. The predicted octanol–water partition coefficient (Wildman–Crippen LogP) is 1.61. The molecule has 3 heteroatoms. The van der Waals surface area contributed by atoms with Crippen LogP contribution in [0.2, 0.25) is 0 Å². The average molecular weight is 204 g/mol. The number of hydrogen-bond donors (Lipinski definition) is 2. The molecule has 0 radical (unpaired) electrons. The second kappa shape index (κ2) is 3.74. The predicted molar refractivity (Wildman–Crippen MR) is 60.4 cm³/mol. The van der Waals surface area contributed by atoms with Gasteiger partial charge in [-0.2, -0.15) is 0 Å². The van der Waals surface area contributed by atoms with Gasteiger partial charge in [0.1, 0.15) is 11.9 Å². The van der Waals surface area contributed by atoms with Crippen molar-refractivity contribution in [2.75, 3.05) is 18.4 Å². The third kappa shape index (κ3) is 2.07. The fourth-order valence-corrected chi connectivity index (χ4v) is 1.86. The standard InChI is InChI=1S/C12H16N2O/c1-2-4-12-11(3-1)14-8-10(15-12)7-13-9-5-6-9/h1-4,9-10,13-14H,5-8H2. The Kier molecular flexibility index (Phi) is 2.25. The second-order valence-electron chi connectivity index (χ2n) is 4.30. The maximum Gasteiger partial charge on any atom is 0.142 e. The molecule has 1 unspecified atom stereocenters. The molecule has 1 aromatic rings. The molecule has 0 saturated heterocycles. The molecule has 3 rings (SSSR count). The Labute approximate surface area is 89.8 Å². The van der Waals surface area contributed by atoms with Crippen molar-refractivity contribution in [3.8, 4) is 5.75 Å². The Hall–Kier alpha value is -1.22. The molecule has 1 fully saturated rings. The van der Waals surface area contributed by atoms with Gasteiger partial charge in [0.25, 0.3) is 0 Å². The first kappa shape index (κ1) is 9.04. The lowest BCUT2D eigenvalue weighted by Crippen LogP contribution is -2.40. The van der Waals surface area contributed by atoms with Crippen LogP contribution in [0.15, 0.2) is 24.3 Å². The number of ether oxygens (including phenoxy) is 1. The highest BCUT2D eigenvalue weighted by molar-refractivity contribution is 5.57. The highest BCUT2D eigenvalue weighted by atomic mass is 16.5. The Morgan fingerprint density at radius 1 is 1.33 bits per heavy atom. The van der Waals surface area contributed by atoms with Crippen molar-refractivity contribution in [3.63, 3.8) is 0 Å². The Morgan fingerprint density at radius 2 is 2.20 bits per heavy atom. The van der Waals surface area contributed by atoms with Crippen molar-refractivity contribution in [1.82, 2.24) is 5.32 Å². The van der Waals surface area contributed by atoms with Crippen LogP contribution >= 0.6 is 0 Å². The summed E-state index contributed by atoms with van der Waals surface area (Å²) in [7, 11) is 0. The summed E-state index contributed by atoms with van der Waals surface area (Å²) in [4.78, 5) is 0. The molecule has 1 aliphatic carbocycles. The summed E-state index contributed by atoms with van der Waals surface area (Å²) in [5.41, 5.74) is 1.11. The monoisotopic (exact) mass is 204 g/mol. The highest BCUT2D eigenvalue weighted by Gasteiger charge is 2.24. The largest absolute Gasteiger partial charge is 0.485 e. The number of benzene rings is 1. The molecule has 1 atom stereocenters. The van der Waals surface area contributed by atoms with Gasteiger partial charge in [-0.25, -0.2) is 0 Å². The maximum absolute atomic E-state index is 5.89. The third-order valence-electron chi connectivity index (χ3n) is 2.91. The van der Waals surface area contributed by atoms with Crippen molar-refractivity contribution >= 4 is 5.69 Å². The molecule has 0 bridgehead atoms. The minimum atomic E-state index is 0.264. The van der Waals surface area contributed by atoms with Crippen molar-refractivity contribution in [3.05, 3.63) is 24.3 Å². The van der Waals surface area contributed by atoms with Crippen LogP contribution in [0.25, 0.3) is 0 Å². The molecule has 0 aromatic heterocycles. The second-order valence-corrected chi connectivity index (χ2v) is 4.30. The fraction of sp³-hybridized carbons (Fsp3) is 0.500. The van der Waals surface area contributed by atoms with Crippen molar-refractivity contribution < 1.29 is 4.74 Å². The van der Waals surface area contributed by atoms with E-state index in [2.05, 4.69) is 16.7 Å². The van der Waals surface area contributed by atoms with Crippen molar-refractivity contribution in [2.45, 2.75) is 25.0 Å². The zero-order chi connectivity index (χ0) is 10.1. The van der Waals surface area contributed by atoms with Gasteiger partial charge in [0.2, 0.25) is 0 Å². The first-order valence-corrected chi connectivity index (χ1v) is 5.65. The summed E-state index contributed by atoms with van der Waals surface area (Å²) in [6.07, 6.45) is 2.92. The summed E-state index contributed by atoms with van der Waals surface area (Å²) in [6, 6.07) is 8.87. The maximum atomic E-state index is 5.89. The lowest BCUT2D eigenvalue weighted by atomic mass is 10.2. The van der Waals surface area contributed by atoms with Crippen LogP contribution in [0.5, 0.6) is 5.75 Å². The summed E-state index contributed by atoms with van der Waals surface area (Å²) in [5.74, 6) is 0.978. The molecular formula is C12H16N2O. The van der Waals surface area contributed by atoms with E-state index in [1.807, 2.05) is 18.2 Å². The van der Waals surface area contributed by atoms with E-state index >= 15 is 0 Å². The van der Waals surface area contributed by atoms with Crippen LogP contribution in [0.1, 0.15) is 12.8 Å². The smallest absolute Gasteiger partial charge is 0.142 e. The van der Waals surface area contributed by atoms with Crippen LogP contribution in [0, 0.1) is 0 Å². The molecular weight excluding hydrogens is 188 g/mol. The van der Waals surface area contributed by atoms with Crippen molar-refractivity contribution in [2.24, 2.45) is 0 Å². The lowest BCUT2D eigenvalue weighted by molar-refractivity contribution is 0.201. The van der Waals surface area contributed by atoms with Crippen LogP contribution in [-0.2, 0) is 0 Å². The van der Waals surface area contributed by atoms with E-state index in [1.54, 1.807) is 0 Å². The topological polar surface area (TPSA) is 33.3 Å². The molecule has 2 N–H and O–H groups in total. The van der Waals surface area contributed by atoms with Gasteiger partial charge < -0.3 is 15.4 Å². The van der Waals surface area contributed by atoms with Gasteiger partial charge in [0, 0.05) is 12.6 Å². The normalized spacial score (nSPS) is 23.9. The molecule has 0 spiro atoms. The Morgan fingerprint density at radius 3 is 3.07 bits per heavy atom. The average Bonchev–Trinajstić information content (AvgIpc) is 3.10. The molecule has 2 aliphatic rings. The summed E-state index contributed by atoms with van der Waals surface area (Å²) in [6.45, 7) is 1.85. The van der Waals surface area contributed by atoms with E-state index in [0.29, 0.717) is 0 Å². The van der Waals surface area contributed by atoms with Gasteiger partial charge in [0.05, 0.1) is 12.2 Å². The van der Waals surface area contributed by atoms with E-state index in [9.17, 15) is 0 Å². The van der Waals surface area contributed by atoms with E-state index in [0.717, 1.165) is 30.6 Å². The number of rotatable bonds is 3. The highest BCUT2D eigenvalue weighted by Crippen LogP contribution is 2.28. The molecule has 1 saturated carbocycles. The summed E-state index contributed by atoms with van der Waals surface area (Å²) in [5, 5.41) is 6.88. The van der Waals surface area contributed by atoms with Gasteiger partial charge in [-0.3, -0.25) is 0 Å².